The summed E-state index contributed by atoms with van der Waals surface area (Å²) < 4.78 is 0. The maximum absolute atomic E-state index is 12.0. The number of nitrogens with two attached hydrogens (primary N) is 1. The zero-order valence-corrected chi connectivity index (χ0v) is 10.2. The van der Waals surface area contributed by atoms with Gasteiger partial charge >= 0.3 is 0 Å². The van der Waals surface area contributed by atoms with E-state index in [1.54, 1.807) is 0 Å². The number of benzene rings is 1. The lowest BCUT2D eigenvalue weighted by Gasteiger charge is -2.10. The molecule has 88 valence electrons. The molecule has 2 heteroatoms. The molecule has 1 unspecified atom stereocenters. The number of Topliss-reactive ketones (excluding diaryl/α,β-unsaturated/α-hetero) is 1. The van der Waals surface area contributed by atoms with Crippen LogP contribution in [0, 0.1) is 0 Å². The van der Waals surface area contributed by atoms with E-state index in [0.717, 1.165) is 31.2 Å². The summed E-state index contributed by atoms with van der Waals surface area (Å²) in [6.45, 7) is 4.18. The van der Waals surface area contributed by atoms with Gasteiger partial charge in [0.25, 0.3) is 0 Å². The molecule has 0 fully saturated rings. The van der Waals surface area contributed by atoms with Gasteiger partial charge in [-0.05, 0) is 24.5 Å². The van der Waals surface area contributed by atoms with Crippen molar-refractivity contribution in [3.63, 3.8) is 0 Å². The molecule has 0 saturated carbocycles. The molecule has 0 aliphatic carbocycles. The standard InChI is InChI=1S/C14H21NO/c1-3-6-11-8-5-9-12(10-11)14(16)13(15)7-4-2/h5,8-10,13H,3-4,6-7,15H2,1-2H3. The first-order valence-corrected chi connectivity index (χ1v) is 6.07. The molecule has 0 saturated heterocycles. The molecule has 1 aromatic rings. The highest BCUT2D eigenvalue weighted by Crippen LogP contribution is 2.11. The van der Waals surface area contributed by atoms with Crippen LogP contribution in [0.25, 0.3) is 0 Å². The quantitative estimate of drug-likeness (QED) is 0.747. The number of ketones is 1. The number of carbonyl (C=O) groups is 1. The smallest absolute Gasteiger partial charge is 0.179 e. The van der Waals surface area contributed by atoms with E-state index in [1.807, 2.05) is 25.1 Å². The molecule has 0 radical (unpaired) electrons. The van der Waals surface area contributed by atoms with Gasteiger partial charge in [-0.2, -0.15) is 0 Å². The van der Waals surface area contributed by atoms with Crippen molar-refractivity contribution in [1.29, 1.82) is 0 Å². The Morgan fingerprint density at radius 2 is 2.06 bits per heavy atom. The fourth-order valence-corrected chi connectivity index (χ4v) is 1.82. The van der Waals surface area contributed by atoms with E-state index in [0.29, 0.717) is 0 Å². The Balaban J connectivity index is 2.78. The normalized spacial score (nSPS) is 12.4. The summed E-state index contributed by atoms with van der Waals surface area (Å²) in [5.41, 5.74) is 7.81. The Labute approximate surface area is 97.9 Å². The molecule has 0 bridgehead atoms. The van der Waals surface area contributed by atoms with Crippen LogP contribution >= 0.6 is 0 Å². The van der Waals surface area contributed by atoms with Gasteiger partial charge in [-0.25, -0.2) is 0 Å². The summed E-state index contributed by atoms with van der Waals surface area (Å²) in [5.74, 6) is 0.0693. The van der Waals surface area contributed by atoms with Crippen molar-refractivity contribution >= 4 is 5.78 Å². The van der Waals surface area contributed by atoms with E-state index in [1.165, 1.54) is 5.56 Å². The highest BCUT2D eigenvalue weighted by Gasteiger charge is 2.14. The van der Waals surface area contributed by atoms with Crippen molar-refractivity contribution < 1.29 is 4.79 Å². The lowest BCUT2D eigenvalue weighted by atomic mass is 9.98. The molecular formula is C14H21NO. The minimum absolute atomic E-state index is 0.0693. The average molecular weight is 219 g/mol. The molecule has 1 rings (SSSR count). The number of hydrogen-bond donors (Lipinski definition) is 1. The van der Waals surface area contributed by atoms with Gasteiger partial charge in [0.15, 0.2) is 5.78 Å². The zero-order chi connectivity index (χ0) is 12.0. The molecule has 0 heterocycles. The molecule has 0 amide bonds. The second-order valence-electron chi connectivity index (χ2n) is 4.21. The van der Waals surface area contributed by atoms with Crippen molar-refractivity contribution in [2.75, 3.05) is 0 Å². The second kappa shape index (κ2) is 6.44. The molecule has 1 atom stereocenters. The summed E-state index contributed by atoms with van der Waals surface area (Å²) in [5, 5.41) is 0. The van der Waals surface area contributed by atoms with E-state index in [-0.39, 0.29) is 11.8 Å². The van der Waals surface area contributed by atoms with Gasteiger partial charge in [0, 0.05) is 5.56 Å². The molecule has 0 aromatic heterocycles. The Kier molecular flexibility index (Phi) is 5.20. The highest BCUT2D eigenvalue weighted by molar-refractivity contribution is 6.00. The topological polar surface area (TPSA) is 43.1 Å². The lowest BCUT2D eigenvalue weighted by Crippen LogP contribution is -2.30. The van der Waals surface area contributed by atoms with Crippen LogP contribution in [0.2, 0.25) is 0 Å². The first-order chi connectivity index (χ1) is 7.69. The van der Waals surface area contributed by atoms with Crippen LogP contribution in [-0.4, -0.2) is 11.8 Å². The minimum atomic E-state index is -0.345. The van der Waals surface area contributed by atoms with Crippen LogP contribution in [0.3, 0.4) is 0 Å². The largest absolute Gasteiger partial charge is 0.321 e. The van der Waals surface area contributed by atoms with Crippen molar-refractivity contribution in [2.24, 2.45) is 5.73 Å². The summed E-state index contributed by atoms with van der Waals surface area (Å²) in [7, 11) is 0. The van der Waals surface area contributed by atoms with Gasteiger partial charge in [-0.15, -0.1) is 0 Å². The third-order valence-electron chi connectivity index (χ3n) is 2.69. The summed E-state index contributed by atoms with van der Waals surface area (Å²) in [6, 6.07) is 7.49. The molecule has 2 N–H and O–H groups in total. The first-order valence-electron chi connectivity index (χ1n) is 6.07. The predicted octanol–water partition coefficient (Wildman–Crippen LogP) is 2.95. The predicted molar refractivity (Wildman–Crippen MR) is 67.7 cm³/mol. The van der Waals surface area contributed by atoms with Gasteiger partial charge in [0.2, 0.25) is 0 Å². The SMILES string of the molecule is CCCc1cccc(C(=O)C(N)CCC)c1. The first kappa shape index (κ1) is 12.9. The van der Waals surface area contributed by atoms with Crippen LogP contribution < -0.4 is 5.73 Å². The molecule has 1 aromatic carbocycles. The zero-order valence-electron chi connectivity index (χ0n) is 10.2. The Morgan fingerprint density at radius 1 is 1.31 bits per heavy atom. The third-order valence-corrected chi connectivity index (χ3v) is 2.69. The van der Waals surface area contributed by atoms with Crippen molar-refractivity contribution in [3.8, 4) is 0 Å². The molecule has 0 aliphatic heterocycles. The van der Waals surface area contributed by atoms with Crippen molar-refractivity contribution in [1.82, 2.24) is 0 Å². The maximum atomic E-state index is 12.0. The van der Waals surface area contributed by atoms with Gasteiger partial charge in [0.05, 0.1) is 6.04 Å². The maximum Gasteiger partial charge on any atom is 0.179 e. The van der Waals surface area contributed by atoms with Crippen LogP contribution in [0.15, 0.2) is 24.3 Å². The summed E-state index contributed by atoms with van der Waals surface area (Å²) in [4.78, 5) is 12.0. The van der Waals surface area contributed by atoms with E-state index in [9.17, 15) is 4.79 Å². The van der Waals surface area contributed by atoms with E-state index in [4.69, 9.17) is 5.73 Å². The van der Waals surface area contributed by atoms with Crippen molar-refractivity contribution in [2.45, 2.75) is 45.6 Å². The number of carbonyl (C=O) groups excluding carboxylic acids is 1. The van der Waals surface area contributed by atoms with Gasteiger partial charge < -0.3 is 5.73 Å². The molecule has 2 nitrogen and oxygen atoms in total. The average Bonchev–Trinajstić information content (AvgIpc) is 2.29. The third kappa shape index (κ3) is 3.46. The Bertz CT molecular complexity index is 346. The van der Waals surface area contributed by atoms with Crippen LogP contribution in [0.5, 0.6) is 0 Å². The minimum Gasteiger partial charge on any atom is -0.321 e. The Hall–Kier alpha value is -1.15. The lowest BCUT2D eigenvalue weighted by molar-refractivity contribution is 0.0956. The van der Waals surface area contributed by atoms with Gasteiger partial charge in [0.1, 0.15) is 0 Å². The molecule has 0 aliphatic rings. The summed E-state index contributed by atoms with van der Waals surface area (Å²) in [6.07, 6.45) is 3.82. The second-order valence-corrected chi connectivity index (χ2v) is 4.21. The van der Waals surface area contributed by atoms with Crippen molar-refractivity contribution in [3.05, 3.63) is 35.4 Å². The number of rotatable bonds is 6. The molecular weight excluding hydrogens is 198 g/mol. The Morgan fingerprint density at radius 3 is 2.69 bits per heavy atom. The van der Waals surface area contributed by atoms with Crippen LogP contribution in [0.4, 0.5) is 0 Å². The number of hydrogen-bond acceptors (Lipinski definition) is 2. The molecule has 16 heavy (non-hydrogen) atoms. The highest BCUT2D eigenvalue weighted by atomic mass is 16.1. The fraction of sp³-hybridized carbons (Fsp3) is 0.500. The van der Waals surface area contributed by atoms with E-state index >= 15 is 0 Å². The molecule has 0 spiro atoms. The number of aryl methyl sites for hydroxylation is 1. The van der Waals surface area contributed by atoms with E-state index < -0.39 is 0 Å². The van der Waals surface area contributed by atoms with Gasteiger partial charge in [-0.3, -0.25) is 4.79 Å². The summed E-state index contributed by atoms with van der Waals surface area (Å²) >= 11 is 0. The van der Waals surface area contributed by atoms with Gasteiger partial charge in [-0.1, -0.05) is 44.9 Å². The monoisotopic (exact) mass is 219 g/mol. The van der Waals surface area contributed by atoms with Crippen LogP contribution in [0.1, 0.15) is 49.0 Å². The fourth-order valence-electron chi connectivity index (χ4n) is 1.82. The van der Waals surface area contributed by atoms with Crippen LogP contribution in [-0.2, 0) is 6.42 Å². The van der Waals surface area contributed by atoms with E-state index in [2.05, 4.69) is 13.0 Å².